The molecule has 1 unspecified atom stereocenters. The van der Waals surface area contributed by atoms with Crippen LogP contribution in [0.5, 0.6) is 0 Å². The van der Waals surface area contributed by atoms with Crippen LogP contribution in [0.4, 0.5) is 0 Å². The quantitative estimate of drug-likeness (QED) is 0.494. The molecule has 1 heterocycles. The largest absolute Gasteiger partial charge is 0.374 e. The molecule has 56 valence electrons. The van der Waals surface area contributed by atoms with Crippen LogP contribution in [0.15, 0.2) is 23.4 Å². The molecule has 0 fully saturated rings. The van der Waals surface area contributed by atoms with Crippen molar-refractivity contribution in [3.05, 3.63) is 23.4 Å². The molecule has 0 aromatic heterocycles. The first kappa shape index (κ1) is 7.39. The van der Waals surface area contributed by atoms with Crippen LogP contribution in [0.1, 0.15) is 20.8 Å². The second-order valence-electron chi connectivity index (χ2n) is 3.07. The minimum Gasteiger partial charge on any atom is -0.374 e. The fraction of sp³-hybridized carbons (Fsp3) is 0.556. The molecule has 1 nitrogen and oxygen atoms in total. The summed E-state index contributed by atoms with van der Waals surface area (Å²) in [6.45, 7) is 6.51. The zero-order valence-electron chi connectivity index (χ0n) is 7.18. The maximum absolute atomic E-state index is 2.29. The van der Waals surface area contributed by atoms with Gasteiger partial charge >= 0.3 is 0 Å². The minimum absolute atomic E-state index is 0.559. The summed E-state index contributed by atoms with van der Waals surface area (Å²) >= 11 is 0. The highest BCUT2D eigenvalue weighted by Crippen LogP contribution is 2.17. The average Bonchev–Trinajstić information content (AvgIpc) is 1.84. The van der Waals surface area contributed by atoms with Gasteiger partial charge in [-0.1, -0.05) is 6.08 Å². The third-order valence-electron chi connectivity index (χ3n) is 2.15. The van der Waals surface area contributed by atoms with E-state index < -0.39 is 0 Å². The Morgan fingerprint density at radius 2 is 1.90 bits per heavy atom. The highest BCUT2D eigenvalue weighted by molar-refractivity contribution is 5.31. The normalized spacial score (nSPS) is 26.0. The van der Waals surface area contributed by atoms with Crippen LogP contribution in [0.3, 0.4) is 0 Å². The summed E-state index contributed by atoms with van der Waals surface area (Å²) in [7, 11) is 2.11. The van der Waals surface area contributed by atoms with Gasteiger partial charge in [0.2, 0.25) is 0 Å². The second-order valence-corrected chi connectivity index (χ2v) is 3.07. The third-order valence-corrected chi connectivity index (χ3v) is 2.15. The van der Waals surface area contributed by atoms with Crippen LogP contribution in [0.25, 0.3) is 0 Å². The SMILES string of the molecule is CC1=CC(C)N(C)C=C1C. The lowest BCUT2D eigenvalue weighted by Gasteiger charge is -2.26. The summed E-state index contributed by atoms with van der Waals surface area (Å²) in [4.78, 5) is 2.22. The van der Waals surface area contributed by atoms with Crippen molar-refractivity contribution in [1.29, 1.82) is 0 Å². The Morgan fingerprint density at radius 3 is 2.40 bits per heavy atom. The Labute approximate surface area is 63.0 Å². The summed E-state index contributed by atoms with van der Waals surface area (Å²) in [6, 6.07) is 0.559. The highest BCUT2D eigenvalue weighted by Gasteiger charge is 2.08. The molecule has 1 atom stereocenters. The Kier molecular flexibility index (Phi) is 1.84. The van der Waals surface area contributed by atoms with E-state index in [0.717, 1.165) is 0 Å². The first-order valence-electron chi connectivity index (χ1n) is 3.70. The predicted octanol–water partition coefficient (Wildman–Crippen LogP) is 2.17. The standard InChI is InChI=1S/C9H15N/c1-7-5-9(3)10(4)6-8(7)2/h5-6,9H,1-4H3. The molecule has 0 aromatic carbocycles. The molecule has 1 aliphatic heterocycles. The van der Waals surface area contributed by atoms with E-state index in [-0.39, 0.29) is 0 Å². The predicted molar refractivity (Wildman–Crippen MR) is 44.7 cm³/mol. The molecule has 0 saturated heterocycles. The zero-order chi connectivity index (χ0) is 7.72. The minimum atomic E-state index is 0.559. The van der Waals surface area contributed by atoms with Gasteiger partial charge in [0.05, 0.1) is 0 Å². The number of allylic oxidation sites excluding steroid dienone is 2. The molecule has 0 radical (unpaired) electrons. The Bertz CT molecular complexity index is 167. The van der Waals surface area contributed by atoms with Crippen LogP contribution in [-0.4, -0.2) is 18.0 Å². The maximum Gasteiger partial charge on any atom is 0.0441 e. The van der Waals surface area contributed by atoms with E-state index >= 15 is 0 Å². The third kappa shape index (κ3) is 1.23. The molecule has 0 amide bonds. The summed E-state index contributed by atoms with van der Waals surface area (Å²) in [5, 5.41) is 0. The molecule has 0 spiro atoms. The van der Waals surface area contributed by atoms with Gasteiger partial charge in [-0.25, -0.2) is 0 Å². The van der Waals surface area contributed by atoms with E-state index in [1.807, 2.05) is 0 Å². The molecule has 0 aliphatic carbocycles. The van der Waals surface area contributed by atoms with E-state index in [1.54, 1.807) is 0 Å². The second kappa shape index (κ2) is 2.49. The van der Waals surface area contributed by atoms with Crippen molar-refractivity contribution in [2.75, 3.05) is 7.05 Å². The number of hydrogen-bond acceptors (Lipinski definition) is 1. The fourth-order valence-corrected chi connectivity index (χ4v) is 1.14. The van der Waals surface area contributed by atoms with Gasteiger partial charge in [-0.3, -0.25) is 0 Å². The van der Waals surface area contributed by atoms with Crippen LogP contribution in [-0.2, 0) is 0 Å². The molecule has 1 heteroatoms. The highest BCUT2D eigenvalue weighted by atomic mass is 15.1. The lowest BCUT2D eigenvalue weighted by Crippen LogP contribution is -2.25. The number of hydrogen-bond donors (Lipinski definition) is 0. The van der Waals surface area contributed by atoms with E-state index in [2.05, 4.69) is 45.0 Å². The van der Waals surface area contributed by atoms with E-state index in [1.165, 1.54) is 11.1 Å². The molecular formula is C9H15N. The number of likely N-dealkylation sites (N-methyl/N-ethyl adjacent to an activating group) is 1. The smallest absolute Gasteiger partial charge is 0.0441 e. The van der Waals surface area contributed by atoms with Crippen molar-refractivity contribution in [3.8, 4) is 0 Å². The van der Waals surface area contributed by atoms with Crippen molar-refractivity contribution in [2.45, 2.75) is 26.8 Å². The van der Waals surface area contributed by atoms with Gasteiger partial charge in [-0.05, 0) is 31.9 Å². The molecule has 10 heavy (non-hydrogen) atoms. The van der Waals surface area contributed by atoms with Crippen molar-refractivity contribution in [1.82, 2.24) is 4.90 Å². The lowest BCUT2D eigenvalue weighted by molar-refractivity contribution is 0.397. The molecular weight excluding hydrogens is 122 g/mol. The average molecular weight is 137 g/mol. The van der Waals surface area contributed by atoms with Crippen molar-refractivity contribution < 1.29 is 0 Å². The number of rotatable bonds is 0. The van der Waals surface area contributed by atoms with Crippen molar-refractivity contribution in [2.24, 2.45) is 0 Å². The summed E-state index contributed by atoms with van der Waals surface area (Å²) in [5.74, 6) is 0. The first-order chi connectivity index (χ1) is 4.61. The van der Waals surface area contributed by atoms with Crippen LogP contribution < -0.4 is 0 Å². The zero-order valence-corrected chi connectivity index (χ0v) is 7.18. The van der Waals surface area contributed by atoms with Crippen molar-refractivity contribution >= 4 is 0 Å². The molecule has 0 aromatic rings. The topological polar surface area (TPSA) is 3.24 Å². The van der Waals surface area contributed by atoms with Crippen LogP contribution >= 0.6 is 0 Å². The Hall–Kier alpha value is -0.720. The van der Waals surface area contributed by atoms with Gasteiger partial charge in [-0.2, -0.15) is 0 Å². The fourth-order valence-electron chi connectivity index (χ4n) is 1.14. The van der Waals surface area contributed by atoms with Crippen molar-refractivity contribution in [3.63, 3.8) is 0 Å². The molecule has 0 N–H and O–H groups in total. The monoisotopic (exact) mass is 137 g/mol. The van der Waals surface area contributed by atoms with Gasteiger partial charge < -0.3 is 4.90 Å². The van der Waals surface area contributed by atoms with Gasteiger partial charge in [0.15, 0.2) is 0 Å². The van der Waals surface area contributed by atoms with Gasteiger partial charge in [0, 0.05) is 19.3 Å². The van der Waals surface area contributed by atoms with Gasteiger partial charge in [0.25, 0.3) is 0 Å². The Morgan fingerprint density at radius 1 is 1.30 bits per heavy atom. The Balaban J connectivity index is 2.83. The molecule has 1 aliphatic rings. The van der Waals surface area contributed by atoms with Gasteiger partial charge in [-0.15, -0.1) is 0 Å². The van der Waals surface area contributed by atoms with Gasteiger partial charge in [0.1, 0.15) is 0 Å². The van der Waals surface area contributed by atoms with E-state index in [9.17, 15) is 0 Å². The summed E-state index contributed by atoms with van der Waals surface area (Å²) in [5.41, 5.74) is 2.78. The summed E-state index contributed by atoms with van der Waals surface area (Å²) in [6.07, 6.45) is 4.48. The van der Waals surface area contributed by atoms with E-state index in [0.29, 0.717) is 6.04 Å². The molecule has 0 bridgehead atoms. The van der Waals surface area contributed by atoms with Crippen LogP contribution in [0, 0.1) is 0 Å². The molecule has 0 saturated carbocycles. The maximum atomic E-state index is 2.29. The van der Waals surface area contributed by atoms with E-state index in [4.69, 9.17) is 0 Å². The lowest BCUT2D eigenvalue weighted by atomic mass is 10.0. The summed E-state index contributed by atoms with van der Waals surface area (Å²) < 4.78 is 0. The first-order valence-corrected chi connectivity index (χ1v) is 3.70. The number of nitrogens with zero attached hydrogens (tertiary/aromatic N) is 1. The van der Waals surface area contributed by atoms with Crippen LogP contribution in [0.2, 0.25) is 0 Å². The molecule has 1 rings (SSSR count).